The zero-order valence-electron chi connectivity index (χ0n) is 17.1. The predicted molar refractivity (Wildman–Crippen MR) is 118 cm³/mol. The Hall–Kier alpha value is -2.81. The van der Waals surface area contributed by atoms with Crippen LogP contribution in [-0.2, 0) is 0 Å². The highest BCUT2D eigenvalue weighted by atomic mass is 32.1. The Balaban J connectivity index is 1.19. The van der Waals surface area contributed by atoms with E-state index in [4.69, 9.17) is 0 Å². The molecule has 5 rings (SSSR count). The van der Waals surface area contributed by atoms with Gasteiger partial charge in [0.05, 0.1) is 11.7 Å². The van der Waals surface area contributed by atoms with E-state index >= 15 is 0 Å². The number of hydrogen-bond donors (Lipinski definition) is 0. The Morgan fingerprint density at radius 2 is 1.50 bits per heavy atom. The monoisotopic (exact) mass is 423 g/mol. The number of fused-ring (bicyclic) bond motifs is 1. The van der Waals surface area contributed by atoms with Crippen molar-refractivity contribution in [3.05, 3.63) is 35.9 Å². The van der Waals surface area contributed by atoms with Crippen molar-refractivity contribution in [3.8, 4) is 0 Å². The normalized spacial score (nSPS) is 18.2. The maximum atomic E-state index is 12.9. The van der Waals surface area contributed by atoms with Gasteiger partial charge in [-0.1, -0.05) is 6.92 Å². The molecule has 1 amide bonds. The highest BCUT2D eigenvalue weighted by Crippen LogP contribution is 2.23. The second kappa shape index (κ2) is 8.14. The minimum Gasteiger partial charge on any atom is -0.355 e. The minimum atomic E-state index is 0.0466. The molecule has 0 unspecified atom stereocenters. The zero-order valence-corrected chi connectivity index (χ0v) is 17.9. The van der Waals surface area contributed by atoms with E-state index in [1.807, 2.05) is 23.1 Å². The highest BCUT2D eigenvalue weighted by molar-refractivity contribution is 7.00. The number of aromatic nitrogens is 4. The van der Waals surface area contributed by atoms with E-state index in [0.29, 0.717) is 18.7 Å². The average molecular weight is 424 g/mol. The van der Waals surface area contributed by atoms with Gasteiger partial charge in [0.2, 0.25) is 0 Å². The number of nitrogens with zero attached hydrogens (tertiary/aromatic N) is 7. The third-order valence-electron chi connectivity index (χ3n) is 6.14. The lowest BCUT2D eigenvalue weighted by Crippen LogP contribution is -2.49. The number of anilines is 2. The maximum absolute atomic E-state index is 12.9. The van der Waals surface area contributed by atoms with Crippen molar-refractivity contribution in [2.45, 2.75) is 19.8 Å². The minimum absolute atomic E-state index is 0.0466. The number of piperazine rings is 1. The number of benzene rings is 1. The third kappa shape index (κ3) is 3.81. The molecule has 2 fully saturated rings. The molecule has 156 valence electrons. The molecule has 8 nitrogen and oxygen atoms in total. The van der Waals surface area contributed by atoms with Gasteiger partial charge in [-0.15, -0.1) is 10.2 Å². The number of rotatable bonds is 3. The van der Waals surface area contributed by atoms with E-state index in [9.17, 15) is 4.79 Å². The molecule has 30 heavy (non-hydrogen) atoms. The van der Waals surface area contributed by atoms with Crippen LogP contribution in [0.4, 0.5) is 11.6 Å². The van der Waals surface area contributed by atoms with Crippen LogP contribution in [0.2, 0.25) is 0 Å². The lowest BCUT2D eigenvalue weighted by Gasteiger charge is -2.35. The standard InChI is InChI=1S/C21H25N7OS/c1-15-6-8-26(9-7-15)19-4-5-20(23-22-19)27-10-12-28(13-11-27)21(29)16-2-3-17-18(14-16)25-30-24-17/h2-5,14-15H,6-13H2,1H3. The van der Waals surface area contributed by atoms with Gasteiger partial charge in [0.15, 0.2) is 11.6 Å². The lowest BCUT2D eigenvalue weighted by atomic mass is 9.99. The van der Waals surface area contributed by atoms with Crippen LogP contribution in [0.3, 0.4) is 0 Å². The fourth-order valence-corrected chi connectivity index (χ4v) is 4.65. The molecular weight excluding hydrogens is 398 g/mol. The Morgan fingerprint density at radius 1 is 0.867 bits per heavy atom. The van der Waals surface area contributed by atoms with Crippen molar-refractivity contribution in [1.29, 1.82) is 0 Å². The van der Waals surface area contributed by atoms with E-state index in [2.05, 4.69) is 47.8 Å². The number of amides is 1. The molecule has 3 aromatic rings. The van der Waals surface area contributed by atoms with Crippen LogP contribution < -0.4 is 9.80 Å². The first-order valence-electron chi connectivity index (χ1n) is 10.5. The summed E-state index contributed by atoms with van der Waals surface area (Å²) >= 11 is 1.17. The molecule has 0 saturated carbocycles. The number of hydrogen-bond acceptors (Lipinski definition) is 8. The third-order valence-corrected chi connectivity index (χ3v) is 6.69. The van der Waals surface area contributed by atoms with Gasteiger partial charge < -0.3 is 14.7 Å². The fourth-order valence-electron chi connectivity index (χ4n) is 4.13. The summed E-state index contributed by atoms with van der Waals surface area (Å²) in [5.41, 5.74) is 2.29. The summed E-state index contributed by atoms with van der Waals surface area (Å²) in [6.45, 7) is 7.25. The summed E-state index contributed by atoms with van der Waals surface area (Å²) in [5.74, 6) is 2.69. The molecule has 2 aliphatic rings. The predicted octanol–water partition coefficient (Wildman–Crippen LogP) is 2.68. The molecule has 0 N–H and O–H groups in total. The molecule has 0 atom stereocenters. The van der Waals surface area contributed by atoms with Gasteiger partial charge in [0.1, 0.15) is 11.0 Å². The second-order valence-corrected chi connectivity index (χ2v) is 8.69. The van der Waals surface area contributed by atoms with Crippen LogP contribution in [0.25, 0.3) is 11.0 Å². The summed E-state index contributed by atoms with van der Waals surface area (Å²) in [6, 6.07) is 9.67. The van der Waals surface area contributed by atoms with Gasteiger partial charge in [0, 0.05) is 44.8 Å². The molecule has 9 heteroatoms. The Labute approximate surface area is 179 Å². The van der Waals surface area contributed by atoms with Crippen LogP contribution in [0.5, 0.6) is 0 Å². The van der Waals surface area contributed by atoms with Gasteiger partial charge in [0.25, 0.3) is 5.91 Å². The molecule has 2 saturated heterocycles. The average Bonchev–Trinajstić information content (AvgIpc) is 3.27. The number of carbonyl (C=O) groups excluding carboxylic acids is 1. The van der Waals surface area contributed by atoms with Gasteiger partial charge in [-0.3, -0.25) is 4.79 Å². The van der Waals surface area contributed by atoms with Crippen molar-refractivity contribution in [2.75, 3.05) is 49.1 Å². The van der Waals surface area contributed by atoms with Crippen molar-refractivity contribution < 1.29 is 4.79 Å². The zero-order chi connectivity index (χ0) is 20.5. The highest BCUT2D eigenvalue weighted by Gasteiger charge is 2.24. The molecule has 0 bridgehead atoms. The summed E-state index contributed by atoms with van der Waals surface area (Å²) in [6.07, 6.45) is 2.43. The molecule has 2 aliphatic heterocycles. The van der Waals surface area contributed by atoms with Crippen LogP contribution in [-0.4, -0.2) is 69.0 Å². The van der Waals surface area contributed by atoms with Crippen molar-refractivity contribution >= 4 is 40.3 Å². The first-order chi connectivity index (χ1) is 14.7. The van der Waals surface area contributed by atoms with Crippen LogP contribution >= 0.6 is 11.7 Å². The number of piperidine rings is 1. The summed E-state index contributed by atoms with van der Waals surface area (Å²) in [7, 11) is 0. The van der Waals surface area contributed by atoms with Gasteiger partial charge in [-0.25, -0.2) is 0 Å². The topological polar surface area (TPSA) is 78.4 Å². The summed E-state index contributed by atoms with van der Waals surface area (Å²) in [5, 5.41) is 8.94. The molecule has 4 heterocycles. The molecular formula is C21H25N7OS. The van der Waals surface area contributed by atoms with Gasteiger partial charge in [-0.2, -0.15) is 8.75 Å². The first-order valence-corrected chi connectivity index (χ1v) is 11.3. The number of carbonyl (C=O) groups is 1. The lowest BCUT2D eigenvalue weighted by molar-refractivity contribution is 0.0746. The largest absolute Gasteiger partial charge is 0.355 e. The Bertz CT molecular complexity index is 1020. The molecule has 0 aliphatic carbocycles. The maximum Gasteiger partial charge on any atom is 0.254 e. The SMILES string of the molecule is CC1CCN(c2ccc(N3CCN(C(=O)c4ccc5nsnc5c4)CC3)nn2)CC1. The Kier molecular flexibility index (Phi) is 5.20. The Morgan fingerprint density at radius 3 is 2.17 bits per heavy atom. The van der Waals surface area contributed by atoms with E-state index < -0.39 is 0 Å². The molecule has 0 spiro atoms. The quantitative estimate of drug-likeness (QED) is 0.641. The first kappa shape index (κ1) is 19.2. The van der Waals surface area contributed by atoms with Crippen LogP contribution in [0.1, 0.15) is 30.1 Å². The van der Waals surface area contributed by atoms with Crippen molar-refractivity contribution in [2.24, 2.45) is 5.92 Å². The van der Waals surface area contributed by atoms with E-state index in [0.717, 1.165) is 54.8 Å². The van der Waals surface area contributed by atoms with E-state index in [-0.39, 0.29) is 5.91 Å². The van der Waals surface area contributed by atoms with Gasteiger partial charge >= 0.3 is 0 Å². The second-order valence-electron chi connectivity index (χ2n) is 8.17. The smallest absolute Gasteiger partial charge is 0.254 e. The van der Waals surface area contributed by atoms with Crippen molar-refractivity contribution in [3.63, 3.8) is 0 Å². The fraction of sp³-hybridized carbons (Fsp3) is 0.476. The summed E-state index contributed by atoms with van der Waals surface area (Å²) in [4.78, 5) is 19.3. The molecule has 1 aromatic carbocycles. The molecule has 2 aromatic heterocycles. The van der Waals surface area contributed by atoms with Gasteiger partial charge in [-0.05, 0) is 49.1 Å². The van der Waals surface area contributed by atoms with Crippen LogP contribution in [0.15, 0.2) is 30.3 Å². The van der Waals surface area contributed by atoms with Crippen molar-refractivity contribution in [1.82, 2.24) is 23.8 Å². The molecule has 0 radical (unpaired) electrons. The van der Waals surface area contributed by atoms with Crippen LogP contribution in [0, 0.1) is 5.92 Å². The summed E-state index contributed by atoms with van der Waals surface area (Å²) < 4.78 is 8.43. The van der Waals surface area contributed by atoms with E-state index in [1.165, 1.54) is 24.6 Å². The van der Waals surface area contributed by atoms with E-state index in [1.54, 1.807) is 0 Å².